The van der Waals surface area contributed by atoms with Gasteiger partial charge in [0.1, 0.15) is 23.9 Å². The number of unbranched alkanes of at least 4 members (excludes halogenated alkanes) is 2. The molecule has 1 aromatic heterocycles. The largest absolute Gasteiger partial charge is 0.490 e. The number of carboxylic acid groups (broad SMARTS) is 3. The summed E-state index contributed by atoms with van der Waals surface area (Å²) in [7, 11) is 0. The minimum absolute atomic E-state index is 0.0199. The monoisotopic (exact) mass is 882 g/mol. The first-order valence-electron chi connectivity index (χ1n) is 19.7. The van der Waals surface area contributed by atoms with Crippen molar-refractivity contribution in [3.63, 3.8) is 0 Å². The molecule has 1 fully saturated rings. The van der Waals surface area contributed by atoms with E-state index in [-0.39, 0.29) is 18.8 Å². The summed E-state index contributed by atoms with van der Waals surface area (Å²) in [6.45, 7) is 2.66. The minimum Gasteiger partial charge on any atom is -0.480 e. The number of alkyl halides is 6. The number of aliphatic hydroxyl groups is 1. The van der Waals surface area contributed by atoms with Crippen molar-refractivity contribution < 1.29 is 75.5 Å². The van der Waals surface area contributed by atoms with Crippen LogP contribution in [-0.2, 0) is 48.2 Å². The Labute approximate surface area is 348 Å². The first-order valence-corrected chi connectivity index (χ1v) is 19.7. The summed E-state index contributed by atoms with van der Waals surface area (Å²) < 4.78 is 65.6. The van der Waals surface area contributed by atoms with Crippen LogP contribution in [0.3, 0.4) is 0 Å². The maximum absolute atomic E-state index is 13.4. The molecule has 1 aromatic carbocycles. The van der Waals surface area contributed by atoms with Crippen molar-refractivity contribution in [3.8, 4) is 0 Å². The average Bonchev–Trinajstić information content (AvgIpc) is 3.58. The lowest BCUT2D eigenvalue weighted by molar-refractivity contribution is -0.193. The number of nitrogens with zero attached hydrogens (tertiary/aromatic N) is 2. The predicted molar refractivity (Wildman–Crippen MR) is 207 cm³/mol. The highest BCUT2D eigenvalue weighted by Crippen LogP contribution is 2.25. The number of halogens is 6. The smallest absolute Gasteiger partial charge is 0.480 e. The number of nitrogens with one attached hydrogen (secondary N) is 3. The average molecular weight is 883 g/mol. The number of aryl methyl sites for hydroxylation is 3. The zero-order valence-electron chi connectivity index (χ0n) is 33.8. The Morgan fingerprint density at radius 3 is 1.77 bits per heavy atom. The fourth-order valence-corrected chi connectivity index (χ4v) is 6.19. The molecule has 1 heterocycles. The maximum Gasteiger partial charge on any atom is 0.490 e. The van der Waals surface area contributed by atoms with Crippen LogP contribution in [0.1, 0.15) is 94.0 Å². The van der Waals surface area contributed by atoms with Crippen molar-refractivity contribution in [1.29, 1.82) is 0 Å². The zero-order chi connectivity index (χ0) is 46.2. The molecule has 1 saturated carbocycles. The third-order valence-electron chi connectivity index (χ3n) is 9.51. The number of aliphatic hydroxyl groups excluding tert-OH is 1. The molecular formula is C39H56F6N6O10. The number of hydrogen-bond acceptors (Lipinski definition) is 9. The van der Waals surface area contributed by atoms with Gasteiger partial charge in [0.05, 0.1) is 13.0 Å². The third kappa shape index (κ3) is 22.2. The van der Waals surface area contributed by atoms with E-state index in [1.807, 2.05) is 37.4 Å². The van der Waals surface area contributed by atoms with Crippen molar-refractivity contribution in [2.24, 2.45) is 11.7 Å². The molecule has 0 bridgehead atoms. The Morgan fingerprint density at radius 2 is 1.30 bits per heavy atom. The van der Waals surface area contributed by atoms with Gasteiger partial charge in [-0.05, 0) is 81.9 Å². The quantitative estimate of drug-likeness (QED) is 0.0735. The SMILES string of the molecule is Cc1nccn1CCCCc1ccc(CC(=O)N[C@@H](CO)C(=O)N[C@@H](CCCCN)C(=O)NC(C(=O)O)C2CCCCCCC2)cc1.O=C(O)C(F)(F)F.O=C(O)C(F)(F)F. The number of hydrogen-bond donors (Lipinski definition) is 8. The maximum atomic E-state index is 13.4. The highest BCUT2D eigenvalue weighted by atomic mass is 19.4. The van der Waals surface area contributed by atoms with Gasteiger partial charge in [-0.2, -0.15) is 26.3 Å². The number of carboxylic acids is 3. The number of imidazole rings is 1. The Balaban J connectivity index is 0.00000114. The number of carbonyl (C=O) groups is 6. The molecule has 344 valence electrons. The lowest BCUT2D eigenvalue weighted by atomic mass is 9.85. The van der Waals surface area contributed by atoms with Gasteiger partial charge in [-0.25, -0.2) is 19.4 Å². The van der Waals surface area contributed by atoms with E-state index in [4.69, 9.17) is 25.5 Å². The number of benzene rings is 1. The normalized spacial score (nSPS) is 14.8. The first kappa shape index (κ1) is 53.8. The summed E-state index contributed by atoms with van der Waals surface area (Å²) >= 11 is 0. The van der Waals surface area contributed by atoms with E-state index >= 15 is 0 Å². The van der Waals surface area contributed by atoms with Gasteiger partial charge in [-0.15, -0.1) is 0 Å². The van der Waals surface area contributed by atoms with Crippen LogP contribution in [0.5, 0.6) is 0 Å². The van der Waals surface area contributed by atoms with Gasteiger partial charge in [-0.1, -0.05) is 56.4 Å². The summed E-state index contributed by atoms with van der Waals surface area (Å²) in [4.78, 5) is 73.6. The van der Waals surface area contributed by atoms with E-state index in [1.165, 1.54) is 5.56 Å². The molecule has 0 aliphatic heterocycles. The molecule has 9 N–H and O–H groups in total. The van der Waals surface area contributed by atoms with Crippen LogP contribution in [0, 0.1) is 12.8 Å². The molecule has 1 aliphatic rings. The van der Waals surface area contributed by atoms with E-state index in [9.17, 15) is 55.7 Å². The predicted octanol–water partition coefficient (Wildman–Crippen LogP) is 4.04. The van der Waals surface area contributed by atoms with Crippen molar-refractivity contribution in [2.75, 3.05) is 13.2 Å². The van der Waals surface area contributed by atoms with Gasteiger partial charge in [0.2, 0.25) is 17.7 Å². The number of aliphatic carboxylic acids is 3. The molecule has 3 atom stereocenters. The van der Waals surface area contributed by atoms with Crippen molar-refractivity contribution in [2.45, 2.75) is 134 Å². The van der Waals surface area contributed by atoms with Gasteiger partial charge in [-0.3, -0.25) is 14.4 Å². The second-order valence-electron chi connectivity index (χ2n) is 14.3. The lowest BCUT2D eigenvalue weighted by Crippen LogP contribution is -2.57. The lowest BCUT2D eigenvalue weighted by Gasteiger charge is -2.29. The van der Waals surface area contributed by atoms with E-state index in [0.29, 0.717) is 19.4 Å². The molecular weight excluding hydrogens is 826 g/mol. The number of carbonyl (C=O) groups excluding carboxylic acids is 3. The number of amides is 3. The zero-order valence-corrected chi connectivity index (χ0v) is 33.8. The molecule has 0 saturated heterocycles. The molecule has 0 spiro atoms. The second kappa shape index (κ2) is 27.6. The number of nitrogens with two attached hydrogens (primary N) is 1. The van der Waals surface area contributed by atoms with Crippen LogP contribution < -0.4 is 21.7 Å². The van der Waals surface area contributed by atoms with Gasteiger partial charge < -0.3 is 46.7 Å². The molecule has 16 nitrogen and oxygen atoms in total. The van der Waals surface area contributed by atoms with E-state index in [2.05, 4.69) is 25.5 Å². The standard InChI is InChI=1S/C35H54N6O6.2C2HF3O2/c1-25-37-20-22-41(25)21-10-8-11-26-15-17-27(18-16-26)23-31(43)38-30(24-42)34(45)39-29(14-7-9-19-36)33(44)40-32(35(46)47)28-12-5-3-2-4-6-13-28;2*3-2(4,5)1(6)7/h15-18,20,22,28-30,32,42H,2-14,19,21,23-24,36H2,1H3,(H,38,43)(H,39,45)(H,40,44)(H,46,47);2*(H,6,7)/t29-,30-,32?;;/m0../s1. The highest BCUT2D eigenvalue weighted by Gasteiger charge is 2.39. The third-order valence-corrected chi connectivity index (χ3v) is 9.51. The Bertz CT molecular complexity index is 1640. The first-order chi connectivity index (χ1) is 28.6. The molecule has 22 heteroatoms. The number of rotatable bonds is 19. The van der Waals surface area contributed by atoms with Gasteiger partial charge in [0.15, 0.2) is 0 Å². The molecule has 3 amide bonds. The van der Waals surface area contributed by atoms with Crippen LogP contribution in [0.2, 0.25) is 0 Å². The topological polar surface area (TPSA) is 263 Å². The van der Waals surface area contributed by atoms with E-state index in [0.717, 1.165) is 82.1 Å². The molecule has 61 heavy (non-hydrogen) atoms. The Hall–Kier alpha value is -5.25. The van der Waals surface area contributed by atoms with Crippen LogP contribution >= 0.6 is 0 Å². The van der Waals surface area contributed by atoms with Gasteiger partial charge in [0, 0.05) is 18.9 Å². The summed E-state index contributed by atoms with van der Waals surface area (Å²) in [5.74, 6) is -7.54. The molecule has 3 rings (SSSR count). The van der Waals surface area contributed by atoms with Crippen molar-refractivity contribution in [3.05, 3.63) is 53.6 Å². The highest BCUT2D eigenvalue weighted by molar-refractivity contribution is 5.93. The fourth-order valence-electron chi connectivity index (χ4n) is 6.19. The van der Waals surface area contributed by atoms with Crippen LogP contribution in [-0.4, -0.2) is 109 Å². The van der Waals surface area contributed by atoms with E-state index in [1.54, 1.807) is 6.20 Å². The Morgan fingerprint density at radius 1 is 0.770 bits per heavy atom. The van der Waals surface area contributed by atoms with Gasteiger partial charge in [0.25, 0.3) is 0 Å². The molecule has 0 radical (unpaired) electrons. The number of aromatic nitrogens is 2. The van der Waals surface area contributed by atoms with Crippen molar-refractivity contribution >= 4 is 35.6 Å². The van der Waals surface area contributed by atoms with Crippen LogP contribution in [0.25, 0.3) is 0 Å². The summed E-state index contributed by atoms with van der Waals surface area (Å²) in [5.41, 5.74) is 7.57. The van der Waals surface area contributed by atoms with Gasteiger partial charge >= 0.3 is 30.3 Å². The fraction of sp³-hybridized carbons (Fsp3) is 0.615. The summed E-state index contributed by atoms with van der Waals surface area (Å²) in [6.07, 6.45) is 4.49. The molecule has 2 aromatic rings. The summed E-state index contributed by atoms with van der Waals surface area (Å²) in [5, 5.41) is 42.1. The minimum atomic E-state index is -5.08. The second-order valence-corrected chi connectivity index (χ2v) is 14.3. The van der Waals surface area contributed by atoms with Crippen LogP contribution in [0.4, 0.5) is 26.3 Å². The molecule has 1 aliphatic carbocycles. The summed E-state index contributed by atoms with van der Waals surface area (Å²) in [6, 6.07) is 4.39. The van der Waals surface area contributed by atoms with Crippen molar-refractivity contribution in [1.82, 2.24) is 25.5 Å². The molecule has 1 unspecified atom stereocenters. The Kier molecular flexibility index (Phi) is 24.3. The van der Waals surface area contributed by atoms with Crippen LogP contribution in [0.15, 0.2) is 36.7 Å². The van der Waals surface area contributed by atoms with E-state index < -0.39 is 72.7 Å².